The fourth-order valence-corrected chi connectivity index (χ4v) is 3.55. The average Bonchev–Trinajstić information content (AvgIpc) is 2.90. The predicted molar refractivity (Wildman–Crippen MR) is 131 cm³/mol. The summed E-state index contributed by atoms with van der Waals surface area (Å²) in [5, 5.41) is 5.27. The van der Waals surface area contributed by atoms with Crippen LogP contribution in [0.1, 0.15) is 24.1 Å². The molecular formula is C26H28N2O8. The zero-order valence-corrected chi connectivity index (χ0v) is 20.5. The van der Waals surface area contributed by atoms with Gasteiger partial charge in [-0.3, -0.25) is 0 Å². The summed E-state index contributed by atoms with van der Waals surface area (Å²) in [6.07, 6.45) is 2.73. The Morgan fingerprint density at radius 2 is 1.64 bits per heavy atom. The molecule has 0 aliphatic carbocycles. The largest absolute Gasteiger partial charge is 0.497 e. The molecule has 0 radical (unpaired) electrons. The predicted octanol–water partition coefficient (Wildman–Crippen LogP) is 3.14. The molecule has 1 atom stereocenters. The molecule has 2 aromatic rings. The summed E-state index contributed by atoms with van der Waals surface area (Å²) in [4.78, 5) is 37.7. The Bertz CT molecular complexity index is 1170. The molecule has 0 bridgehead atoms. The topological polar surface area (TPSA) is 121 Å². The van der Waals surface area contributed by atoms with Gasteiger partial charge in [0, 0.05) is 11.6 Å². The van der Waals surface area contributed by atoms with Gasteiger partial charge in [-0.2, -0.15) is 0 Å². The monoisotopic (exact) mass is 496 g/mol. The summed E-state index contributed by atoms with van der Waals surface area (Å²) in [5.74, 6) is 0.419. The highest BCUT2D eigenvalue weighted by Crippen LogP contribution is 2.29. The van der Waals surface area contributed by atoms with Gasteiger partial charge in [-0.1, -0.05) is 12.1 Å². The Labute approximate surface area is 208 Å². The molecule has 2 amide bonds. The standard InChI is InChI=1S/C26H28N2O8/c1-5-35-25(30)23-20(27-26(31)28-24(23)16-6-9-18(32-2)10-7-16)15-36-22(29)13-8-17-14-19(33-3)11-12-21(17)34-4/h6-14,24H,5,15H2,1-4H3,(H2,27,28,31)/b13-8+. The molecule has 0 saturated heterocycles. The van der Waals surface area contributed by atoms with Gasteiger partial charge in [0.1, 0.15) is 23.9 Å². The van der Waals surface area contributed by atoms with Gasteiger partial charge in [0.15, 0.2) is 0 Å². The molecule has 0 aromatic heterocycles. The number of methoxy groups -OCH3 is 3. The molecule has 2 aromatic carbocycles. The number of carbonyl (C=O) groups excluding carboxylic acids is 3. The van der Waals surface area contributed by atoms with Gasteiger partial charge in [0.2, 0.25) is 0 Å². The van der Waals surface area contributed by atoms with Crippen LogP contribution in [0.2, 0.25) is 0 Å². The Morgan fingerprint density at radius 1 is 0.944 bits per heavy atom. The zero-order chi connectivity index (χ0) is 26.1. The lowest BCUT2D eigenvalue weighted by Gasteiger charge is -2.29. The van der Waals surface area contributed by atoms with E-state index in [-0.39, 0.29) is 24.5 Å². The molecule has 3 rings (SSSR count). The first-order valence-corrected chi connectivity index (χ1v) is 11.1. The molecule has 1 heterocycles. The molecule has 0 spiro atoms. The first-order valence-electron chi connectivity index (χ1n) is 11.1. The van der Waals surface area contributed by atoms with Crippen molar-refractivity contribution in [3.63, 3.8) is 0 Å². The van der Waals surface area contributed by atoms with E-state index >= 15 is 0 Å². The zero-order valence-electron chi connectivity index (χ0n) is 20.5. The van der Waals surface area contributed by atoms with Crippen LogP contribution in [0, 0.1) is 0 Å². The summed E-state index contributed by atoms with van der Waals surface area (Å²) in [6, 6.07) is 10.7. The fraction of sp³-hybridized carbons (Fsp3) is 0.269. The number of carbonyl (C=O) groups is 3. The van der Waals surface area contributed by atoms with Gasteiger partial charge in [-0.15, -0.1) is 0 Å². The Balaban J connectivity index is 1.84. The molecular weight excluding hydrogens is 468 g/mol. The van der Waals surface area contributed by atoms with E-state index in [2.05, 4.69) is 10.6 Å². The van der Waals surface area contributed by atoms with Crippen LogP contribution < -0.4 is 24.8 Å². The Hall–Kier alpha value is -4.47. The van der Waals surface area contributed by atoms with Gasteiger partial charge in [-0.05, 0) is 48.9 Å². The number of hydrogen-bond acceptors (Lipinski definition) is 8. The van der Waals surface area contributed by atoms with E-state index in [0.717, 1.165) is 0 Å². The molecule has 10 nitrogen and oxygen atoms in total. The van der Waals surface area contributed by atoms with Crippen LogP contribution in [-0.4, -0.2) is 52.5 Å². The van der Waals surface area contributed by atoms with E-state index < -0.39 is 24.0 Å². The van der Waals surface area contributed by atoms with E-state index in [0.29, 0.717) is 28.4 Å². The van der Waals surface area contributed by atoms with Crippen molar-refractivity contribution in [1.29, 1.82) is 0 Å². The minimum absolute atomic E-state index is 0.124. The SMILES string of the molecule is CCOC(=O)C1=C(COC(=O)/C=C/c2cc(OC)ccc2OC)NC(=O)NC1c1ccc(OC)cc1. The molecule has 2 N–H and O–H groups in total. The number of urea groups is 1. The van der Waals surface area contributed by atoms with Crippen LogP contribution in [0.3, 0.4) is 0 Å². The summed E-state index contributed by atoms with van der Waals surface area (Å²) in [7, 11) is 4.58. The Kier molecular flexibility index (Phi) is 8.93. The molecule has 36 heavy (non-hydrogen) atoms. The number of hydrogen-bond donors (Lipinski definition) is 2. The molecule has 190 valence electrons. The van der Waals surface area contributed by atoms with E-state index in [9.17, 15) is 14.4 Å². The van der Waals surface area contributed by atoms with Crippen molar-refractivity contribution >= 4 is 24.0 Å². The lowest BCUT2D eigenvalue weighted by atomic mass is 9.95. The normalized spacial score (nSPS) is 15.1. The van der Waals surface area contributed by atoms with Gasteiger partial charge in [0.05, 0.1) is 45.2 Å². The van der Waals surface area contributed by atoms with Crippen molar-refractivity contribution in [2.24, 2.45) is 0 Å². The molecule has 1 aliphatic heterocycles. The summed E-state index contributed by atoms with van der Waals surface area (Å²) in [5.41, 5.74) is 1.49. The van der Waals surface area contributed by atoms with E-state index in [1.54, 1.807) is 49.4 Å². The van der Waals surface area contributed by atoms with Crippen LogP contribution >= 0.6 is 0 Å². The highest BCUT2D eigenvalue weighted by atomic mass is 16.5. The minimum Gasteiger partial charge on any atom is -0.497 e. The van der Waals surface area contributed by atoms with Crippen molar-refractivity contribution in [3.05, 3.63) is 70.9 Å². The first-order chi connectivity index (χ1) is 17.4. The fourth-order valence-electron chi connectivity index (χ4n) is 3.55. The second-order valence-electron chi connectivity index (χ2n) is 7.47. The smallest absolute Gasteiger partial charge is 0.338 e. The van der Waals surface area contributed by atoms with Gasteiger partial charge >= 0.3 is 18.0 Å². The third-order valence-corrected chi connectivity index (χ3v) is 5.29. The second-order valence-corrected chi connectivity index (χ2v) is 7.47. The maximum absolute atomic E-state index is 12.8. The first kappa shape index (κ1) is 26.1. The number of rotatable bonds is 10. The van der Waals surface area contributed by atoms with Crippen LogP contribution in [-0.2, 0) is 19.1 Å². The third kappa shape index (κ3) is 6.35. The summed E-state index contributed by atoms with van der Waals surface area (Å²) < 4.78 is 26.2. The van der Waals surface area contributed by atoms with Gasteiger partial charge in [-0.25, -0.2) is 14.4 Å². The summed E-state index contributed by atoms with van der Waals surface area (Å²) >= 11 is 0. The number of benzene rings is 2. The quantitative estimate of drug-likeness (QED) is 0.380. The maximum Gasteiger partial charge on any atom is 0.338 e. The maximum atomic E-state index is 12.8. The van der Waals surface area contributed by atoms with Crippen LogP contribution in [0.25, 0.3) is 6.08 Å². The minimum atomic E-state index is -0.811. The lowest BCUT2D eigenvalue weighted by molar-refractivity contribution is -0.140. The van der Waals surface area contributed by atoms with Crippen molar-refractivity contribution in [2.45, 2.75) is 13.0 Å². The van der Waals surface area contributed by atoms with Crippen molar-refractivity contribution in [3.8, 4) is 17.2 Å². The molecule has 1 unspecified atom stereocenters. The third-order valence-electron chi connectivity index (χ3n) is 5.29. The van der Waals surface area contributed by atoms with Crippen LogP contribution in [0.5, 0.6) is 17.2 Å². The number of esters is 2. The Morgan fingerprint density at radius 3 is 2.28 bits per heavy atom. The summed E-state index contributed by atoms with van der Waals surface area (Å²) in [6.45, 7) is 1.45. The van der Waals surface area contributed by atoms with Crippen LogP contribution in [0.15, 0.2) is 59.8 Å². The van der Waals surface area contributed by atoms with E-state index in [1.807, 2.05) is 0 Å². The van der Waals surface area contributed by atoms with Gasteiger partial charge in [0.25, 0.3) is 0 Å². The highest BCUT2D eigenvalue weighted by Gasteiger charge is 2.34. The van der Waals surface area contributed by atoms with Crippen molar-refractivity contribution < 1.29 is 38.1 Å². The van der Waals surface area contributed by atoms with Gasteiger partial charge < -0.3 is 34.3 Å². The molecule has 0 fully saturated rings. The molecule has 0 saturated carbocycles. The number of nitrogens with one attached hydrogen (secondary N) is 2. The lowest BCUT2D eigenvalue weighted by Crippen LogP contribution is -2.47. The number of amides is 2. The molecule has 1 aliphatic rings. The van der Waals surface area contributed by atoms with E-state index in [1.165, 1.54) is 33.5 Å². The highest BCUT2D eigenvalue weighted by molar-refractivity contribution is 5.95. The molecule has 10 heteroatoms. The van der Waals surface area contributed by atoms with Crippen LogP contribution in [0.4, 0.5) is 4.79 Å². The van der Waals surface area contributed by atoms with Crippen molar-refractivity contribution in [1.82, 2.24) is 10.6 Å². The van der Waals surface area contributed by atoms with E-state index in [4.69, 9.17) is 23.7 Å². The van der Waals surface area contributed by atoms with Crippen molar-refractivity contribution in [2.75, 3.05) is 34.5 Å². The second kappa shape index (κ2) is 12.3. The average molecular weight is 497 g/mol. The number of ether oxygens (including phenoxy) is 5.